The summed E-state index contributed by atoms with van der Waals surface area (Å²) in [6.07, 6.45) is 1.47. The molecular formula is C22H18N2O2S. The van der Waals surface area contributed by atoms with Gasteiger partial charge in [0.2, 0.25) is 0 Å². The van der Waals surface area contributed by atoms with Gasteiger partial charge in [0, 0.05) is 16.0 Å². The maximum Gasteiger partial charge on any atom is 0.263 e. The largest absolute Gasteiger partial charge is 0.292 e. The average Bonchev–Trinajstić information content (AvgIpc) is 3.02. The normalized spacial score (nSPS) is 11.0. The van der Waals surface area contributed by atoms with E-state index in [1.54, 1.807) is 12.1 Å². The number of fused-ring (bicyclic) bond motifs is 1. The van der Waals surface area contributed by atoms with Crippen LogP contribution in [0.3, 0.4) is 0 Å². The third-order valence-corrected chi connectivity index (χ3v) is 5.62. The minimum Gasteiger partial charge on any atom is -0.292 e. The molecule has 0 aliphatic rings. The van der Waals surface area contributed by atoms with E-state index in [9.17, 15) is 9.59 Å². The minimum absolute atomic E-state index is 0.0198. The summed E-state index contributed by atoms with van der Waals surface area (Å²) in [4.78, 5) is 31.9. The van der Waals surface area contributed by atoms with E-state index in [0.717, 1.165) is 16.0 Å². The van der Waals surface area contributed by atoms with Gasteiger partial charge >= 0.3 is 0 Å². The third-order valence-electron chi connectivity index (χ3n) is 4.60. The second-order valence-corrected chi connectivity index (χ2v) is 7.75. The molecule has 0 atom stereocenters. The highest BCUT2D eigenvalue weighted by Gasteiger charge is 2.18. The molecule has 5 heteroatoms. The number of nitrogens with zero attached hydrogens (tertiary/aromatic N) is 2. The average molecular weight is 374 g/mol. The van der Waals surface area contributed by atoms with Gasteiger partial charge in [-0.3, -0.25) is 14.2 Å². The lowest BCUT2D eigenvalue weighted by Gasteiger charge is -2.07. The molecule has 2 aromatic heterocycles. The van der Waals surface area contributed by atoms with Crippen LogP contribution < -0.4 is 5.56 Å². The number of Topliss-reactive ketones (excluding diaryl/α,β-unsaturated/α-hetero) is 1. The fourth-order valence-corrected chi connectivity index (χ4v) is 4.19. The van der Waals surface area contributed by atoms with Crippen molar-refractivity contribution >= 4 is 27.3 Å². The van der Waals surface area contributed by atoms with Crippen LogP contribution >= 0.6 is 11.3 Å². The number of benzene rings is 2. The summed E-state index contributed by atoms with van der Waals surface area (Å²) in [5, 5.41) is 0.588. The highest BCUT2D eigenvalue weighted by molar-refractivity contribution is 7.19. The van der Waals surface area contributed by atoms with Crippen LogP contribution in [-0.4, -0.2) is 15.3 Å². The number of aryl methyl sites for hydroxylation is 2. The first-order valence-corrected chi connectivity index (χ1v) is 9.50. The van der Waals surface area contributed by atoms with Crippen LogP contribution in [0.1, 0.15) is 20.8 Å². The molecule has 4 aromatic rings. The molecule has 0 fully saturated rings. The Morgan fingerprint density at radius 1 is 1.04 bits per heavy atom. The van der Waals surface area contributed by atoms with Crippen LogP contribution in [0.15, 0.2) is 65.7 Å². The Hall–Kier alpha value is -3.05. The standard InChI is InChI=1S/C22H18N2O2S/c1-14-8-10-17(11-9-14)19-15(2)27-21-20(19)22(26)24(13-23-21)12-18(25)16-6-4-3-5-7-16/h3-11,13H,12H2,1-2H3. The van der Waals surface area contributed by atoms with Gasteiger partial charge in [0.1, 0.15) is 4.83 Å². The monoisotopic (exact) mass is 374 g/mol. The second-order valence-electron chi connectivity index (χ2n) is 6.55. The van der Waals surface area contributed by atoms with Crippen molar-refractivity contribution in [1.29, 1.82) is 0 Å². The summed E-state index contributed by atoms with van der Waals surface area (Å²) in [7, 11) is 0. The number of thiophene rings is 1. The quantitative estimate of drug-likeness (QED) is 0.490. The minimum atomic E-state index is -0.177. The molecule has 0 aliphatic heterocycles. The summed E-state index contributed by atoms with van der Waals surface area (Å²) in [6.45, 7) is 4.01. The van der Waals surface area contributed by atoms with Crippen molar-refractivity contribution in [2.75, 3.05) is 0 Å². The van der Waals surface area contributed by atoms with Crippen molar-refractivity contribution in [2.45, 2.75) is 20.4 Å². The summed E-state index contributed by atoms with van der Waals surface area (Å²) < 4.78 is 1.40. The van der Waals surface area contributed by atoms with Crippen molar-refractivity contribution in [1.82, 2.24) is 9.55 Å². The Balaban J connectivity index is 1.82. The van der Waals surface area contributed by atoms with Crippen LogP contribution in [0.5, 0.6) is 0 Å². The number of hydrogen-bond donors (Lipinski definition) is 0. The molecule has 0 radical (unpaired) electrons. The number of hydrogen-bond acceptors (Lipinski definition) is 4. The Morgan fingerprint density at radius 2 is 1.74 bits per heavy atom. The van der Waals surface area contributed by atoms with Crippen molar-refractivity contribution in [3.63, 3.8) is 0 Å². The van der Waals surface area contributed by atoms with Gasteiger partial charge in [-0.2, -0.15) is 0 Å². The number of aromatic nitrogens is 2. The smallest absolute Gasteiger partial charge is 0.263 e. The van der Waals surface area contributed by atoms with Gasteiger partial charge in [-0.1, -0.05) is 60.2 Å². The molecule has 0 amide bonds. The molecule has 0 unspecified atom stereocenters. The zero-order valence-corrected chi connectivity index (χ0v) is 15.9. The maximum atomic E-state index is 13.1. The van der Waals surface area contributed by atoms with E-state index in [2.05, 4.69) is 4.98 Å². The van der Waals surface area contributed by atoms with Gasteiger partial charge in [-0.15, -0.1) is 11.3 Å². The Morgan fingerprint density at radius 3 is 2.44 bits per heavy atom. The molecule has 0 bridgehead atoms. The van der Waals surface area contributed by atoms with Crippen LogP contribution in [0, 0.1) is 13.8 Å². The summed E-state index contributed by atoms with van der Waals surface area (Å²) in [6, 6.07) is 17.1. The van der Waals surface area contributed by atoms with Crippen LogP contribution in [0.25, 0.3) is 21.3 Å². The Labute approximate surface area is 160 Å². The molecule has 0 saturated carbocycles. The molecule has 27 heavy (non-hydrogen) atoms. The SMILES string of the molecule is Cc1ccc(-c2c(C)sc3ncn(CC(=O)c4ccccc4)c(=O)c23)cc1. The molecule has 0 aliphatic carbocycles. The highest BCUT2D eigenvalue weighted by atomic mass is 32.1. The first kappa shape index (κ1) is 17.4. The lowest BCUT2D eigenvalue weighted by molar-refractivity contribution is 0.0970. The van der Waals surface area contributed by atoms with E-state index in [1.165, 1.54) is 27.8 Å². The molecule has 0 saturated heterocycles. The van der Waals surface area contributed by atoms with E-state index in [4.69, 9.17) is 0 Å². The van der Waals surface area contributed by atoms with E-state index in [1.807, 2.05) is 56.3 Å². The molecule has 0 spiro atoms. The molecule has 0 N–H and O–H groups in total. The molecule has 134 valence electrons. The van der Waals surface area contributed by atoms with E-state index in [0.29, 0.717) is 15.8 Å². The lowest BCUT2D eigenvalue weighted by atomic mass is 10.0. The van der Waals surface area contributed by atoms with E-state index in [-0.39, 0.29) is 17.9 Å². The second kappa shape index (κ2) is 6.93. The lowest BCUT2D eigenvalue weighted by Crippen LogP contribution is -2.24. The molecule has 2 heterocycles. The topological polar surface area (TPSA) is 52.0 Å². The van der Waals surface area contributed by atoms with Crippen molar-refractivity contribution in [3.05, 3.63) is 87.3 Å². The van der Waals surface area contributed by atoms with Gasteiger partial charge in [0.25, 0.3) is 5.56 Å². The van der Waals surface area contributed by atoms with E-state index < -0.39 is 0 Å². The number of rotatable bonds is 4. The van der Waals surface area contributed by atoms with Crippen LogP contribution in [-0.2, 0) is 6.54 Å². The summed E-state index contributed by atoms with van der Waals surface area (Å²) >= 11 is 1.51. The maximum absolute atomic E-state index is 13.1. The predicted octanol–water partition coefficient (Wildman–Crippen LogP) is 4.62. The molecular weight excluding hydrogens is 356 g/mol. The summed E-state index contributed by atoms with van der Waals surface area (Å²) in [5.74, 6) is -0.109. The molecule has 2 aromatic carbocycles. The van der Waals surface area contributed by atoms with Crippen molar-refractivity contribution in [3.8, 4) is 11.1 Å². The fraction of sp³-hybridized carbons (Fsp3) is 0.136. The number of carbonyl (C=O) groups excluding carboxylic acids is 1. The van der Waals surface area contributed by atoms with Gasteiger partial charge in [0.15, 0.2) is 5.78 Å². The van der Waals surface area contributed by atoms with E-state index >= 15 is 0 Å². The van der Waals surface area contributed by atoms with Gasteiger partial charge < -0.3 is 0 Å². The number of carbonyl (C=O) groups is 1. The Bertz CT molecular complexity index is 1190. The Kier molecular flexibility index (Phi) is 4.46. The first-order valence-electron chi connectivity index (χ1n) is 8.68. The van der Waals surface area contributed by atoms with Crippen molar-refractivity contribution < 1.29 is 4.79 Å². The molecule has 4 nitrogen and oxygen atoms in total. The first-order chi connectivity index (χ1) is 13.0. The zero-order valence-electron chi connectivity index (χ0n) is 15.1. The van der Waals surface area contributed by atoms with Crippen molar-refractivity contribution in [2.24, 2.45) is 0 Å². The fourth-order valence-electron chi connectivity index (χ4n) is 3.19. The van der Waals surface area contributed by atoms with Gasteiger partial charge in [-0.05, 0) is 19.4 Å². The van der Waals surface area contributed by atoms with Gasteiger partial charge in [-0.25, -0.2) is 4.98 Å². The zero-order chi connectivity index (χ0) is 19.0. The number of ketones is 1. The highest BCUT2D eigenvalue weighted by Crippen LogP contribution is 2.35. The van der Waals surface area contributed by atoms with Crippen LogP contribution in [0.4, 0.5) is 0 Å². The molecule has 4 rings (SSSR count). The summed E-state index contributed by atoms with van der Waals surface area (Å²) in [5.41, 5.74) is 3.48. The van der Waals surface area contributed by atoms with Gasteiger partial charge in [0.05, 0.1) is 18.3 Å². The predicted molar refractivity (Wildman–Crippen MR) is 110 cm³/mol. The van der Waals surface area contributed by atoms with Crippen LogP contribution in [0.2, 0.25) is 0 Å². The third kappa shape index (κ3) is 3.22.